The number of hydrogen-bond donors (Lipinski definition) is 4. The lowest BCUT2D eigenvalue weighted by Gasteiger charge is -2.24. The number of nitrogen functional groups attached to an aromatic ring is 1. The van der Waals surface area contributed by atoms with Crippen molar-refractivity contribution in [1.29, 1.82) is 5.26 Å². The molecule has 310 valence electrons. The van der Waals surface area contributed by atoms with E-state index in [4.69, 9.17) is 35.9 Å². The number of anilines is 1. The van der Waals surface area contributed by atoms with Gasteiger partial charge in [-0.3, -0.25) is 9.05 Å². The number of phosphoric ester groups is 1. The van der Waals surface area contributed by atoms with Crippen molar-refractivity contribution in [3.63, 3.8) is 0 Å². The zero-order valence-electron chi connectivity index (χ0n) is 33.0. The molecule has 1 aromatic carbocycles. The smallest absolute Gasteiger partial charge is 0.387 e. The van der Waals surface area contributed by atoms with E-state index in [1.54, 1.807) is 30.3 Å². The standard InChI is InChI=1S/C41H61ClN5O8P/c1-3-4-5-6-7-8-9-10-11-12-13-14-15-16-17-18-19-20-33(52-27-31-23-30(26-43)24-32(42)25-31)28-53-56(50,51)55-39-40(2)41(39,49)37(48)36(54-40)34-21-22-35-38(44)45-29-46-47(34)35/h21-25,29,33,36-37,39,48-49H,3-20,27-28H2,1-2H3,(H,50,51)(H2,44,45,46)/t33-,36+,37+,39?,40-,41-/m1/s1. The highest BCUT2D eigenvalue weighted by atomic mass is 35.5. The second-order valence-corrected chi connectivity index (χ2v) is 17.5. The molecule has 5 rings (SSSR count). The van der Waals surface area contributed by atoms with Crippen LogP contribution in [0.2, 0.25) is 5.02 Å². The van der Waals surface area contributed by atoms with E-state index in [2.05, 4.69) is 23.1 Å². The van der Waals surface area contributed by atoms with Gasteiger partial charge in [-0.2, -0.15) is 10.4 Å². The number of nitrogens with two attached hydrogens (primary N) is 1. The number of aliphatic hydroxyl groups is 2. The van der Waals surface area contributed by atoms with Crippen LogP contribution < -0.4 is 5.73 Å². The van der Waals surface area contributed by atoms with Crippen molar-refractivity contribution in [1.82, 2.24) is 14.6 Å². The molecular formula is C41H61ClN5O8P. The zero-order valence-corrected chi connectivity index (χ0v) is 34.6. The average molecular weight is 818 g/mol. The second-order valence-electron chi connectivity index (χ2n) is 15.7. The summed E-state index contributed by atoms with van der Waals surface area (Å²) in [5.41, 5.74) is 4.48. The summed E-state index contributed by atoms with van der Waals surface area (Å²) in [6, 6.07) is 10.4. The Bertz CT molecular complexity index is 1790. The van der Waals surface area contributed by atoms with Gasteiger partial charge in [0.2, 0.25) is 0 Å². The molecule has 1 aliphatic heterocycles. The molecule has 13 nitrogen and oxygen atoms in total. The molecule has 7 atom stereocenters. The summed E-state index contributed by atoms with van der Waals surface area (Å²) in [5, 5.41) is 36.6. The number of halogens is 1. The molecule has 5 N–H and O–H groups in total. The van der Waals surface area contributed by atoms with Gasteiger partial charge in [0.05, 0.1) is 36.6 Å². The molecule has 1 saturated carbocycles. The fraction of sp³-hybridized carbons (Fsp3) is 0.683. The number of fused-ring (bicyclic) bond motifs is 2. The number of nitriles is 1. The number of benzene rings is 1. The molecule has 2 aromatic heterocycles. The SMILES string of the molecule is CCCCCCCCCCCCCCCCCCC[C@H](COP(=O)(O)OC1[C@@]2(C)O[C@@H](c3ccc4c(N)ncnn34)[C@H](O)[C@@]12O)OCc1cc(Cl)cc(C#N)c1. The van der Waals surface area contributed by atoms with Crippen LogP contribution in [0, 0.1) is 11.3 Å². The van der Waals surface area contributed by atoms with Gasteiger partial charge in [-0.15, -0.1) is 0 Å². The van der Waals surface area contributed by atoms with Crippen LogP contribution in [0.4, 0.5) is 5.82 Å². The Morgan fingerprint density at radius 1 is 1.00 bits per heavy atom. The predicted molar refractivity (Wildman–Crippen MR) is 215 cm³/mol. The Labute approximate surface area is 336 Å². The molecule has 1 aliphatic carbocycles. The van der Waals surface area contributed by atoms with Crippen LogP contribution >= 0.6 is 19.4 Å². The van der Waals surface area contributed by atoms with Crippen molar-refractivity contribution in [2.75, 3.05) is 12.3 Å². The molecule has 2 unspecified atom stereocenters. The van der Waals surface area contributed by atoms with E-state index in [1.165, 1.54) is 108 Å². The number of unbranched alkanes of at least 4 members (excludes halogenated alkanes) is 16. The third kappa shape index (κ3) is 11.3. The molecule has 15 heteroatoms. The van der Waals surface area contributed by atoms with E-state index in [0.717, 1.165) is 19.3 Å². The van der Waals surface area contributed by atoms with Gasteiger partial charge in [-0.1, -0.05) is 128 Å². The molecule has 2 fully saturated rings. The van der Waals surface area contributed by atoms with Crippen molar-refractivity contribution >= 4 is 30.8 Å². The Morgan fingerprint density at radius 3 is 2.18 bits per heavy atom. The normalized spacial score (nSPS) is 24.6. The van der Waals surface area contributed by atoms with Gasteiger partial charge in [0.25, 0.3) is 0 Å². The summed E-state index contributed by atoms with van der Waals surface area (Å²) in [5.74, 6) is 0.236. The summed E-state index contributed by atoms with van der Waals surface area (Å²) in [6.07, 6.45) is 18.8. The van der Waals surface area contributed by atoms with Gasteiger partial charge in [0, 0.05) is 5.02 Å². The number of rotatable bonds is 27. The van der Waals surface area contributed by atoms with E-state index in [1.807, 2.05) is 0 Å². The highest BCUT2D eigenvalue weighted by Gasteiger charge is 2.87. The zero-order chi connectivity index (χ0) is 40.2. The predicted octanol–water partition coefficient (Wildman–Crippen LogP) is 8.90. The van der Waals surface area contributed by atoms with E-state index in [-0.39, 0.29) is 19.0 Å². The largest absolute Gasteiger partial charge is 0.472 e. The van der Waals surface area contributed by atoms with Crippen LogP contribution in [0.25, 0.3) is 5.52 Å². The molecule has 0 radical (unpaired) electrons. The van der Waals surface area contributed by atoms with Crippen molar-refractivity contribution in [3.8, 4) is 6.07 Å². The molecule has 3 heterocycles. The van der Waals surface area contributed by atoms with E-state index in [0.29, 0.717) is 33.8 Å². The first-order chi connectivity index (χ1) is 26.9. The van der Waals surface area contributed by atoms with Gasteiger partial charge < -0.3 is 30.3 Å². The monoisotopic (exact) mass is 817 g/mol. The van der Waals surface area contributed by atoms with E-state index >= 15 is 0 Å². The summed E-state index contributed by atoms with van der Waals surface area (Å²) in [6.45, 7) is 3.62. The van der Waals surface area contributed by atoms with Crippen molar-refractivity contribution in [3.05, 3.63) is 58.5 Å². The molecule has 1 saturated heterocycles. The van der Waals surface area contributed by atoms with Crippen molar-refractivity contribution in [2.24, 2.45) is 0 Å². The number of aromatic nitrogens is 3. The van der Waals surface area contributed by atoms with Gasteiger partial charge in [0.1, 0.15) is 35.8 Å². The molecular weight excluding hydrogens is 757 g/mol. The van der Waals surface area contributed by atoms with Crippen molar-refractivity contribution < 1.29 is 38.2 Å². The molecule has 0 amide bonds. The van der Waals surface area contributed by atoms with Gasteiger partial charge in [-0.25, -0.2) is 14.1 Å². The minimum Gasteiger partial charge on any atom is -0.387 e. The molecule has 56 heavy (non-hydrogen) atoms. The highest BCUT2D eigenvalue weighted by molar-refractivity contribution is 7.47. The van der Waals surface area contributed by atoms with Crippen LogP contribution in [-0.2, 0) is 29.7 Å². The van der Waals surface area contributed by atoms with E-state index < -0.39 is 43.4 Å². The number of ether oxygens (including phenoxy) is 2. The average Bonchev–Trinajstić information content (AvgIpc) is 3.43. The lowest BCUT2D eigenvalue weighted by atomic mass is 10.0. The van der Waals surface area contributed by atoms with E-state index in [9.17, 15) is 24.9 Å². The third-order valence-electron chi connectivity index (χ3n) is 11.4. The lowest BCUT2D eigenvalue weighted by Crippen LogP contribution is -2.35. The first-order valence-electron chi connectivity index (χ1n) is 20.6. The minimum atomic E-state index is -4.76. The molecule has 0 spiro atoms. The van der Waals surface area contributed by atoms with Gasteiger partial charge in [-0.05, 0) is 49.2 Å². The lowest BCUT2D eigenvalue weighted by molar-refractivity contribution is -0.0816. The Kier molecular flexibility index (Phi) is 16.6. The van der Waals surface area contributed by atoms with Crippen LogP contribution in [0.5, 0.6) is 0 Å². The van der Waals surface area contributed by atoms with Crippen LogP contribution in [0.15, 0.2) is 36.7 Å². The maximum absolute atomic E-state index is 13.3. The Balaban J connectivity index is 1.05. The van der Waals surface area contributed by atoms with Gasteiger partial charge >= 0.3 is 7.82 Å². The number of phosphoric acid groups is 1. The van der Waals surface area contributed by atoms with Crippen molar-refractivity contribution in [2.45, 2.75) is 172 Å². The third-order valence-corrected chi connectivity index (χ3v) is 12.6. The second kappa shape index (κ2) is 20.9. The Hall–Kier alpha value is -2.63. The van der Waals surface area contributed by atoms with Crippen LogP contribution in [-0.4, -0.2) is 65.8 Å². The summed E-state index contributed by atoms with van der Waals surface area (Å²) >= 11 is 6.20. The number of hydrogen-bond acceptors (Lipinski definition) is 11. The fourth-order valence-corrected chi connectivity index (χ4v) is 9.28. The number of nitrogens with zero attached hydrogens (tertiary/aromatic N) is 4. The molecule has 3 aromatic rings. The van der Waals surface area contributed by atoms with Crippen LogP contribution in [0.1, 0.15) is 152 Å². The molecule has 0 bridgehead atoms. The fourth-order valence-electron chi connectivity index (χ4n) is 7.98. The number of aliphatic hydroxyl groups excluding tert-OH is 1. The summed E-state index contributed by atoms with van der Waals surface area (Å²) in [4.78, 5) is 14.8. The quantitative estimate of drug-likeness (QED) is 0.0422. The minimum absolute atomic E-state index is 0.117. The first-order valence-corrected chi connectivity index (χ1v) is 22.4. The molecule has 2 aliphatic rings. The summed E-state index contributed by atoms with van der Waals surface area (Å²) in [7, 11) is -4.76. The highest BCUT2D eigenvalue weighted by Crippen LogP contribution is 2.68. The Morgan fingerprint density at radius 2 is 1.61 bits per heavy atom. The maximum Gasteiger partial charge on any atom is 0.472 e. The van der Waals surface area contributed by atoms with Gasteiger partial charge in [0.15, 0.2) is 11.4 Å². The first kappa shape index (κ1) is 44.5. The summed E-state index contributed by atoms with van der Waals surface area (Å²) < 4.78 is 37.9. The van der Waals surface area contributed by atoms with Crippen LogP contribution in [0.3, 0.4) is 0 Å². The maximum atomic E-state index is 13.3. The topological polar surface area (TPSA) is 195 Å².